The number of nitrogens with two attached hydrogens (primary N) is 1. The fraction of sp³-hybridized carbons (Fsp3) is 0.500. The largest absolute Gasteiger partial charge is 0.368 e. The van der Waals surface area contributed by atoms with Crippen molar-refractivity contribution in [3.63, 3.8) is 0 Å². The third-order valence-electron chi connectivity index (χ3n) is 3.47. The molecule has 1 saturated carbocycles. The van der Waals surface area contributed by atoms with Gasteiger partial charge in [-0.1, -0.05) is 18.6 Å². The van der Waals surface area contributed by atoms with Crippen molar-refractivity contribution in [2.45, 2.75) is 25.4 Å². The second-order valence-corrected chi connectivity index (χ2v) is 4.80. The molecule has 0 bridgehead atoms. The molecule has 2 unspecified atom stereocenters. The van der Waals surface area contributed by atoms with Crippen LogP contribution in [0.4, 0.5) is 10.1 Å². The molecule has 5 heteroatoms. The lowest BCUT2D eigenvalue weighted by atomic mass is 10.1. The van der Waals surface area contributed by atoms with Crippen LogP contribution in [0.3, 0.4) is 0 Å². The molecule has 1 aromatic carbocycles. The first-order valence-electron chi connectivity index (χ1n) is 6.56. The molecule has 0 aromatic heterocycles. The highest BCUT2D eigenvalue weighted by Crippen LogP contribution is 2.27. The quantitative estimate of drug-likeness (QED) is 0.855. The first kappa shape index (κ1) is 14.0. The zero-order valence-electron chi connectivity index (χ0n) is 10.8. The molecule has 1 aromatic rings. The van der Waals surface area contributed by atoms with Gasteiger partial charge in [-0.15, -0.1) is 0 Å². The van der Waals surface area contributed by atoms with Gasteiger partial charge in [-0.2, -0.15) is 0 Å². The molecular weight excluding hydrogens is 247 g/mol. The van der Waals surface area contributed by atoms with Crippen LogP contribution in [-0.2, 0) is 9.53 Å². The maximum absolute atomic E-state index is 13.3. The van der Waals surface area contributed by atoms with E-state index in [0.717, 1.165) is 19.3 Å². The van der Waals surface area contributed by atoms with E-state index in [2.05, 4.69) is 5.32 Å². The van der Waals surface area contributed by atoms with Gasteiger partial charge in [-0.3, -0.25) is 4.79 Å². The van der Waals surface area contributed by atoms with Crippen molar-refractivity contribution in [3.8, 4) is 0 Å². The summed E-state index contributed by atoms with van der Waals surface area (Å²) in [5.41, 5.74) is 5.82. The first-order valence-corrected chi connectivity index (χ1v) is 6.56. The predicted octanol–water partition coefficient (Wildman–Crippen LogP) is 1.91. The third kappa shape index (κ3) is 3.75. The number of para-hydroxylation sites is 1. The van der Waals surface area contributed by atoms with Crippen LogP contribution < -0.4 is 11.1 Å². The molecule has 0 aliphatic heterocycles. The minimum absolute atomic E-state index is 0.0522. The van der Waals surface area contributed by atoms with E-state index < -0.39 is 5.82 Å². The van der Waals surface area contributed by atoms with Crippen LogP contribution in [0.1, 0.15) is 19.3 Å². The standard InChI is InChI=1S/C14H19FN2O2/c15-11-5-1-2-6-12(11)17-14(18)9-19-13-7-3-4-10(13)8-16/h1-2,5-6,10,13H,3-4,7-9,16H2,(H,17,18). The topological polar surface area (TPSA) is 64.3 Å². The zero-order chi connectivity index (χ0) is 13.7. The summed E-state index contributed by atoms with van der Waals surface area (Å²) in [4.78, 5) is 11.7. The number of benzene rings is 1. The molecule has 4 nitrogen and oxygen atoms in total. The monoisotopic (exact) mass is 266 g/mol. The number of amides is 1. The van der Waals surface area contributed by atoms with Crippen molar-refractivity contribution in [1.82, 2.24) is 0 Å². The zero-order valence-corrected chi connectivity index (χ0v) is 10.8. The molecule has 0 spiro atoms. The Morgan fingerprint density at radius 2 is 2.21 bits per heavy atom. The van der Waals surface area contributed by atoms with E-state index in [1.807, 2.05) is 0 Å². The van der Waals surface area contributed by atoms with Gasteiger partial charge in [0, 0.05) is 0 Å². The molecule has 1 aliphatic rings. The molecule has 19 heavy (non-hydrogen) atoms. The molecular formula is C14H19FN2O2. The van der Waals surface area contributed by atoms with Crippen molar-refractivity contribution in [2.24, 2.45) is 11.7 Å². The van der Waals surface area contributed by atoms with Crippen LogP contribution in [0.5, 0.6) is 0 Å². The van der Waals surface area contributed by atoms with Crippen molar-refractivity contribution < 1.29 is 13.9 Å². The summed E-state index contributed by atoms with van der Waals surface area (Å²) in [6.45, 7) is 0.523. The normalized spacial score (nSPS) is 22.4. The van der Waals surface area contributed by atoms with E-state index in [1.54, 1.807) is 12.1 Å². The smallest absolute Gasteiger partial charge is 0.250 e. The predicted molar refractivity (Wildman–Crippen MR) is 71.2 cm³/mol. The van der Waals surface area contributed by atoms with E-state index in [1.165, 1.54) is 12.1 Å². The highest BCUT2D eigenvalue weighted by molar-refractivity contribution is 5.91. The Morgan fingerprint density at radius 1 is 1.42 bits per heavy atom. The van der Waals surface area contributed by atoms with Gasteiger partial charge in [0.05, 0.1) is 11.8 Å². The Morgan fingerprint density at radius 3 is 2.95 bits per heavy atom. The van der Waals surface area contributed by atoms with Crippen molar-refractivity contribution in [2.75, 3.05) is 18.5 Å². The van der Waals surface area contributed by atoms with Gasteiger partial charge in [0.2, 0.25) is 5.91 Å². The fourth-order valence-corrected chi connectivity index (χ4v) is 2.42. The van der Waals surface area contributed by atoms with Crippen LogP contribution in [0, 0.1) is 11.7 Å². The van der Waals surface area contributed by atoms with E-state index in [0.29, 0.717) is 12.5 Å². The minimum Gasteiger partial charge on any atom is -0.368 e. The van der Waals surface area contributed by atoms with E-state index in [9.17, 15) is 9.18 Å². The number of ether oxygens (including phenoxy) is 1. The number of carbonyl (C=O) groups is 1. The number of anilines is 1. The molecule has 0 saturated heterocycles. The summed E-state index contributed by atoms with van der Waals surface area (Å²) in [7, 11) is 0. The summed E-state index contributed by atoms with van der Waals surface area (Å²) >= 11 is 0. The molecule has 3 N–H and O–H groups in total. The molecule has 104 valence electrons. The molecule has 0 heterocycles. The number of carbonyl (C=O) groups excluding carboxylic acids is 1. The highest BCUT2D eigenvalue weighted by atomic mass is 19.1. The van der Waals surface area contributed by atoms with Crippen LogP contribution in [0.2, 0.25) is 0 Å². The van der Waals surface area contributed by atoms with Gasteiger partial charge in [-0.05, 0) is 37.4 Å². The number of halogens is 1. The molecule has 2 rings (SSSR count). The molecule has 1 fully saturated rings. The van der Waals surface area contributed by atoms with Gasteiger partial charge in [0.1, 0.15) is 12.4 Å². The van der Waals surface area contributed by atoms with Gasteiger partial charge in [-0.25, -0.2) is 4.39 Å². The van der Waals surface area contributed by atoms with Crippen LogP contribution in [0.15, 0.2) is 24.3 Å². The number of rotatable bonds is 5. The number of hydrogen-bond donors (Lipinski definition) is 2. The van der Waals surface area contributed by atoms with Gasteiger partial charge in [0.25, 0.3) is 0 Å². The highest BCUT2D eigenvalue weighted by Gasteiger charge is 2.27. The molecule has 1 aliphatic carbocycles. The number of hydrogen-bond acceptors (Lipinski definition) is 3. The Kier molecular flexibility index (Phi) is 4.87. The van der Waals surface area contributed by atoms with Crippen molar-refractivity contribution in [1.29, 1.82) is 0 Å². The van der Waals surface area contributed by atoms with Crippen LogP contribution in [0.25, 0.3) is 0 Å². The summed E-state index contributed by atoms with van der Waals surface area (Å²) in [5, 5.41) is 2.50. The first-order chi connectivity index (χ1) is 9.20. The summed E-state index contributed by atoms with van der Waals surface area (Å²) in [6, 6.07) is 6.07. The summed E-state index contributed by atoms with van der Waals surface area (Å²) in [5.74, 6) is -0.453. The second-order valence-electron chi connectivity index (χ2n) is 4.80. The van der Waals surface area contributed by atoms with E-state index >= 15 is 0 Å². The van der Waals surface area contributed by atoms with E-state index in [-0.39, 0.29) is 24.3 Å². The maximum Gasteiger partial charge on any atom is 0.250 e. The lowest BCUT2D eigenvalue weighted by molar-refractivity contribution is -0.123. The lowest BCUT2D eigenvalue weighted by Gasteiger charge is -2.18. The van der Waals surface area contributed by atoms with Crippen molar-refractivity contribution >= 4 is 11.6 Å². The van der Waals surface area contributed by atoms with E-state index in [4.69, 9.17) is 10.5 Å². The summed E-state index contributed by atoms with van der Waals surface area (Å²) < 4.78 is 18.9. The van der Waals surface area contributed by atoms with Crippen molar-refractivity contribution in [3.05, 3.63) is 30.1 Å². The maximum atomic E-state index is 13.3. The van der Waals surface area contributed by atoms with Crippen LogP contribution >= 0.6 is 0 Å². The second kappa shape index (κ2) is 6.63. The Bertz CT molecular complexity index is 439. The fourth-order valence-electron chi connectivity index (χ4n) is 2.42. The Hall–Kier alpha value is -1.46. The minimum atomic E-state index is -0.448. The van der Waals surface area contributed by atoms with Crippen LogP contribution in [-0.4, -0.2) is 25.2 Å². The Labute approximate surface area is 112 Å². The molecule has 1 amide bonds. The average Bonchev–Trinajstić information content (AvgIpc) is 2.86. The molecule has 2 atom stereocenters. The van der Waals surface area contributed by atoms with Gasteiger partial charge < -0.3 is 15.8 Å². The Balaban J connectivity index is 1.80. The number of nitrogens with one attached hydrogen (secondary N) is 1. The average molecular weight is 266 g/mol. The SMILES string of the molecule is NCC1CCCC1OCC(=O)Nc1ccccc1F. The summed E-state index contributed by atoms with van der Waals surface area (Å²) in [6.07, 6.45) is 3.13. The third-order valence-corrected chi connectivity index (χ3v) is 3.47. The van der Waals surface area contributed by atoms with Gasteiger partial charge >= 0.3 is 0 Å². The molecule has 0 radical (unpaired) electrons. The lowest BCUT2D eigenvalue weighted by Crippen LogP contribution is -2.29. The van der Waals surface area contributed by atoms with Gasteiger partial charge in [0.15, 0.2) is 0 Å².